The fourth-order valence-corrected chi connectivity index (χ4v) is 2.07. The minimum Gasteiger partial charge on any atom is -0.396 e. The molecular weight excluding hydrogens is 244 g/mol. The smallest absolute Gasteiger partial charge is 0.165 e. The van der Waals surface area contributed by atoms with E-state index in [0.29, 0.717) is 26.1 Å². The van der Waals surface area contributed by atoms with Gasteiger partial charge >= 0.3 is 0 Å². The first kappa shape index (κ1) is 16.6. The van der Waals surface area contributed by atoms with Crippen molar-refractivity contribution in [3.05, 3.63) is 11.6 Å². The van der Waals surface area contributed by atoms with E-state index in [2.05, 4.69) is 0 Å². The molecule has 2 N–H and O–H groups in total. The highest BCUT2D eigenvalue weighted by Gasteiger charge is 2.40. The third-order valence-electron chi connectivity index (χ3n) is 4.31. The molecule has 0 radical (unpaired) electrons. The van der Waals surface area contributed by atoms with E-state index in [-0.39, 0.29) is 12.0 Å². The van der Waals surface area contributed by atoms with Crippen LogP contribution in [0.25, 0.3) is 0 Å². The zero-order chi connectivity index (χ0) is 14.5. The van der Waals surface area contributed by atoms with E-state index in [1.807, 2.05) is 33.8 Å². The lowest BCUT2D eigenvalue weighted by Gasteiger charge is -2.44. The van der Waals surface area contributed by atoms with Crippen LogP contribution in [0, 0.1) is 5.41 Å². The van der Waals surface area contributed by atoms with Crippen molar-refractivity contribution in [2.45, 2.75) is 58.8 Å². The molecule has 1 unspecified atom stereocenters. The quantitative estimate of drug-likeness (QED) is 0.728. The molecule has 1 heterocycles. The molecule has 112 valence electrons. The largest absolute Gasteiger partial charge is 0.396 e. The average Bonchev–Trinajstić information content (AvgIpc) is 2.45. The van der Waals surface area contributed by atoms with Gasteiger partial charge in [0.15, 0.2) is 5.79 Å². The molecule has 4 nitrogen and oxygen atoms in total. The predicted octanol–water partition coefficient (Wildman–Crippen LogP) is 2.25. The molecule has 4 heteroatoms. The number of allylic oxidation sites excluding steroid dienone is 1. The Morgan fingerprint density at radius 1 is 1.37 bits per heavy atom. The summed E-state index contributed by atoms with van der Waals surface area (Å²) in [6, 6.07) is 0. The van der Waals surface area contributed by atoms with Gasteiger partial charge in [0.1, 0.15) is 0 Å². The molecule has 1 fully saturated rings. The number of aliphatic hydroxyl groups excluding tert-OH is 2. The van der Waals surface area contributed by atoms with E-state index in [9.17, 15) is 10.2 Å². The molecule has 1 rings (SSSR count). The number of aliphatic hydroxyl groups is 2. The summed E-state index contributed by atoms with van der Waals surface area (Å²) in [5.74, 6) is -0.650. The zero-order valence-electron chi connectivity index (χ0n) is 12.6. The maximum Gasteiger partial charge on any atom is 0.165 e. The molecule has 1 saturated heterocycles. The average molecular weight is 272 g/mol. The van der Waals surface area contributed by atoms with E-state index in [4.69, 9.17) is 9.47 Å². The summed E-state index contributed by atoms with van der Waals surface area (Å²) in [7, 11) is 0. The molecule has 0 aliphatic carbocycles. The molecule has 19 heavy (non-hydrogen) atoms. The molecule has 1 aliphatic heterocycles. The Hall–Kier alpha value is -0.420. The van der Waals surface area contributed by atoms with Gasteiger partial charge in [-0.3, -0.25) is 0 Å². The summed E-state index contributed by atoms with van der Waals surface area (Å²) in [4.78, 5) is 0. The Balaban J connectivity index is 2.48. The van der Waals surface area contributed by atoms with Crippen molar-refractivity contribution in [2.24, 2.45) is 5.41 Å². The van der Waals surface area contributed by atoms with Crippen LogP contribution < -0.4 is 0 Å². The summed E-state index contributed by atoms with van der Waals surface area (Å²) in [5.41, 5.74) is 0.704. The normalized spacial score (nSPS) is 34.3. The fourth-order valence-electron chi connectivity index (χ4n) is 2.07. The van der Waals surface area contributed by atoms with Crippen molar-refractivity contribution in [2.75, 3.05) is 19.8 Å². The number of rotatable bonds is 6. The van der Waals surface area contributed by atoms with Crippen LogP contribution in [0.15, 0.2) is 11.6 Å². The van der Waals surface area contributed by atoms with Crippen LogP contribution in [0.4, 0.5) is 0 Å². The van der Waals surface area contributed by atoms with Gasteiger partial charge in [0, 0.05) is 11.8 Å². The summed E-state index contributed by atoms with van der Waals surface area (Å²) >= 11 is 0. The number of ether oxygens (including phenoxy) is 2. The van der Waals surface area contributed by atoms with E-state index in [1.165, 1.54) is 0 Å². The monoisotopic (exact) mass is 272 g/mol. The highest BCUT2D eigenvalue weighted by molar-refractivity contribution is 5.02. The fraction of sp³-hybridized carbons (Fsp3) is 0.867. The summed E-state index contributed by atoms with van der Waals surface area (Å²) < 4.78 is 11.6. The second kappa shape index (κ2) is 6.84. The van der Waals surface area contributed by atoms with Crippen LogP contribution in [-0.4, -0.2) is 41.9 Å². The van der Waals surface area contributed by atoms with Crippen LogP contribution in [0.2, 0.25) is 0 Å². The van der Waals surface area contributed by atoms with Gasteiger partial charge in [-0.15, -0.1) is 0 Å². The summed E-state index contributed by atoms with van der Waals surface area (Å²) in [6.45, 7) is 8.88. The lowest BCUT2D eigenvalue weighted by molar-refractivity contribution is -0.303. The van der Waals surface area contributed by atoms with Gasteiger partial charge in [-0.1, -0.05) is 13.0 Å². The van der Waals surface area contributed by atoms with Crippen molar-refractivity contribution in [1.82, 2.24) is 0 Å². The molecule has 0 saturated carbocycles. The lowest BCUT2D eigenvalue weighted by atomic mass is 9.86. The van der Waals surface area contributed by atoms with Crippen LogP contribution >= 0.6 is 0 Å². The maximum atomic E-state index is 9.94. The Bertz CT molecular complexity index is 297. The Labute approximate surface area is 116 Å². The SMILES string of the molecule is C/C=C(/C)C(O)CCC1(C)OCC(CC)(CO)CO1. The Kier molecular flexibility index (Phi) is 5.99. The van der Waals surface area contributed by atoms with Gasteiger partial charge < -0.3 is 19.7 Å². The molecule has 0 aromatic rings. The first-order valence-corrected chi connectivity index (χ1v) is 7.10. The molecule has 1 atom stereocenters. The van der Waals surface area contributed by atoms with Gasteiger partial charge in [-0.2, -0.15) is 0 Å². The van der Waals surface area contributed by atoms with E-state index in [0.717, 1.165) is 12.0 Å². The topological polar surface area (TPSA) is 58.9 Å². The van der Waals surface area contributed by atoms with Crippen molar-refractivity contribution in [3.8, 4) is 0 Å². The lowest BCUT2D eigenvalue weighted by Crippen LogP contribution is -2.49. The van der Waals surface area contributed by atoms with Crippen LogP contribution in [0.3, 0.4) is 0 Å². The van der Waals surface area contributed by atoms with Gasteiger partial charge in [-0.05, 0) is 39.2 Å². The second-order valence-corrected chi connectivity index (χ2v) is 5.81. The van der Waals surface area contributed by atoms with E-state index in [1.54, 1.807) is 0 Å². The third-order valence-corrected chi connectivity index (χ3v) is 4.31. The molecule has 0 aromatic heterocycles. The summed E-state index contributed by atoms with van der Waals surface area (Å²) in [5, 5.41) is 19.4. The maximum absolute atomic E-state index is 9.94. The molecule has 1 aliphatic rings. The first-order valence-electron chi connectivity index (χ1n) is 7.10. The van der Waals surface area contributed by atoms with Crippen molar-refractivity contribution < 1.29 is 19.7 Å². The molecule has 0 amide bonds. The number of hydrogen-bond acceptors (Lipinski definition) is 4. The minimum absolute atomic E-state index is 0.0832. The van der Waals surface area contributed by atoms with E-state index < -0.39 is 11.9 Å². The first-order chi connectivity index (χ1) is 8.90. The van der Waals surface area contributed by atoms with Crippen LogP contribution in [0.5, 0.6) is 0 Å². The van der Waals surface area contributed by atoms with Crippen molar-refractivity contribution in [1.29, 1.82) is 0 Å². The Morgan fingerprint density at radius 3 is 2.37 bits per heavy atom. The zero-order valence-corrected chi connectivity index (χ0v) is 12.6. The van der Waals surface area contributed by atoms with Gasteiger partial charge in [0.2, 0.25) is 0 Å². The highest BCUT2D eigenvalue weighted by Crippen LogP contribution is 2.35. The Morgan fingerprint density at radius 2 is 1.95 bits per heavy atom. The van der Waals surface area contributed by atoms with Gasteiger partial charge in [-0.25, -0.2) is 0 Å². The van der Waals surface area contributed by atoms with Crippen molar-refractivity contribution >= 4 is 0 Å². The summed E-state index contributed by atoms with van der Waals surface area (Å²) in [6.07, 6.45) is 3.57. The van der Waals surface area contributed by atoms with Crippen molar-refractivity contribution in [3.63, 3.8) is 0 Å². The van der Waals surface area contributed by atoms with Gasteiger partial charge in [0.25, 0.3) is 0 Å². The van der Waals surface area contributed by atoms with Crippen LogP contribution in [0.1, 0.15) is 47.0 Å². The predicted molar refractivity (Wildman–Crippen MR) is 74.8 cm³/mol. The molecule has 0 spiro atoms. The minimum atomic E-state index is -0.650. The van der Waals surface area contributed by atoms with Gasteiger partial charge in [0.05, 0.1) is 25.9 Å². The molecule has 0 bridgehead atoms. The van der Waals surface area contributed by atoms with E-state index >= 15 is 0 Å². The molecule has 0 aromatic carbocycles. The number of hydrogen-bond donors (Lipinski definition) is 2. The highest BCUT2D eigenvalue weighted by atomic mass is 16.7. The van der Waals surface area contributed by atoms with Crippen LogP contribution in [-0.2, 0) is 9.47 Å². The standard InChI is InChI=1S/C15H28O4/c1-5-12(3)13(17)7-8-14(4)18-10-15(6-2,9-16)11-19-14/h5,13,16-17H,6-11H2,1-4H3/b12-5-. The third kappa shape index (κ3) is 4.28. The second-order valence-electron chi connectivity index (χ2n) is 5.81. The molecular formula is C15H28O4.